The first-order valence-electron chi connectivity index (χ1n) is 7.44. The average Bonchev–Trinajstić information content (AvgIpc) is 2.68. The first-order chi connectivity index (χ1) is 9.29. The minimum atomic E-state index is 0. The Morgan fingerprint density at radius 2 is 1.90 bits per heavy atom. The van der Waals surface area contributed by atoms with E-state index in [0.29, 0.717) is 12.6 Å². The fourth-order valence-corrected chi connectivity index (χ4v) is 3.21. The summed E-state index contributed by atoms with van der Waals surface area (Å²) < 4.78 is 6.59. The fourth-order valence-electron chi connectivity index (χ4n) is 2.67. The predicted molar refractivity (Wildman–Crippen MR) is 90.9 cm³/mol. The first-order valence-corrected chi connectivity index (χ1v) is 8.23. The van der Waals surface area contributed by atoms with Crippen LogP contribution < -0.4 is 10.1 Å². The Kier molecular flexibility index (Phi) is 8.58. The van der Waals surface area contributed by atoms with Crippen molar-refractivity contribution in [3.63, 3.8) is 0 Å². The Morgan fingerprint density at radius 3 is 2.50 bits per heavy atom. The summed E-state index contributed by atoms with van der Waals surface area (Å²) in [5, 5.41) is 3.69. The van der Waals surface area contributed by atoms with Gasteiger partial charge >= 0.3 is 0 Å². The van der Waals surface area contributed by atoms with E-state index in [1.165, 1.54) is 44.1 Å². The number of hydrogen-bond donors (Lipinski definition) is 1. The summed E-state index contributed by atoms with van der Waals surface area (Å²) in [7, 11) is 0. The highest BCUT2D eigenvalue weighted by atomic mass is 79.9. The van der Waals surface area contributed by atoms with Gasteiger partial charge in [-0.2, -0.15) is 0 Å². The summed E-state index contributed by atoms with van der Waals surface area (Å²) >= 11 is 3.57. The zero-order valence-electron chi connectivity index (χ0n) is 12.2. The Bertz CT molecular complexity index is 392. The second kappa shape index (κ2) is 9.64. The topological polar surface area (TPSA) is 21.3 Å². The molecule has 1 aliphatic carbocycles. The molecule has 1 fully saturated rings. The zero-order valence-corrected chi connectivity index (χ0v) is 14.6. The van der Waals surface area contributed by atoms with Crippen LogP contribution in [0.5, 0.6) is 5.75 Å². The number of rotatable bonds is 5. The van der Waals surface area contributed by atoms with Crippen molar-refractivity contribution in [2.45, 2.75) is 58.0 Å². The molecule has 0 spiro atoms. The minimum Gasteiger partial charge on any atom is -0.493 e. The number of ether oxygens (including phenoxy) is 1. The molecule has 114 valence electrons. The second-order valence-electron chi connectivity index (χ2n) is 5.27. The third kappa shape index (κ3) is 5.63. The molecule has 1 aliphatic rings. The van der Waals surface area contributed by atoms with E-state index in [2.05, 4.69) is 39.4 Å². The van der Waals surface area contributed by atoms with Crippen LogP contribution in [0.15, 0.2) is 22.7 Å². The lowest BCUT2D eigenvalue weighted by atomic mass is 10.1. The standard InChI is InChI=1S/C16H24BrNO.ClH/c1-2-19-16-10-9-13(11-15(16)17)12-18-14-7-5-3-4-6-8-14;/h9-11,14,18H,2-8,12H2,1H3;1H. The van der Waals surface area contributed by atoms with Gasteiger partial charge in [0.1, 0.15) is 5.75 Å². The largest absolute Gasteiger partial charge is 0.493 e. The van der Waals surface area contributed by atoms with Gasteiger partial charge in [-0.25, -0.2) is 0 Å². The maximum atomic E-state index is 5.54. The Hall–Kier alpha value is -0.250. The molecule has 1 N–H and O–H groups in total. The third-order valence-corrected chi connectivity index (χ3v) is 4.37. The highest BCUT2D eigenvalue weighted by Crippen LogP contribution is 2.26. The third-order valence-electron chi connectivity index (χ3n) is 3.75. The zero-order chi connectivity index (χ0) is 13.5. The van der Waals surface area contributed by atoms with Gasteiger partial charge in [-0.1, -0.05) is 31.7 Å². The van der Waals surface area contributed by atoms with Gasteiger partial charge in [0.2, 0.25) is 0 Å². The Balaban J connectivity index is 0.00000200. The van der Waals surface area contributed by atoms with E-state index < -0.39 is 0 Å². The number of nitrogens with one attached hydrogen (secondary N) is 1. The molecule has 0 unspecified atom stereocenters. The summed E-state index contributed by atoms with van der Waals surface area (Å²) in [6.07, 6.45) is 8.24. The molecule has 0 aliphatic heterocycles. The lowest BCUT2D eigenvalue weighted by Gasteiger charge is -2.16. The molecular formula is C16H25BrClNO. The molecule has 2 rings (SSSR count). The molecule has 1 saturated carbocycles. The smallest absolute Gasteiger partial charge is 0.133 e. The van der Waals surface area contributed by atoms with Gasteiger partial charge < -0.3 is 10.1 Å². The van der Waals surface area contributed by atoms with E-state index in [4.69, 9.17) is 4.74 Å². The van der Waals surface area contributed by atoms with Crippen molar-refractivity contribution in [1.29, 1.82) is 0 Å². The summed E-state index contributed by atoms with van der Waals surface area (Å²) in [6.45, 7) is 3.67. The molecule has 2 nitrogen and oxygen atoms in total. The molecule has 0 heterocycles. The van der Waals surface area contributed by atoms with Crippen LogP contribution in [-0.2, 0) is 6.54 Å². The van der Waals surface area contributed by atoms with Gasteiger partial charge in [0.05, 0.1) is 11.1 Å². The van der Waals surface area contributed by atoms with E-state index >= 15 is 0 Å². The molecule has 0 radical (unpaired) electrons. The molecule has 4 heteroatoms. The SMILES string of the molecule is CCOc1ccc(CNC2CCCCCC2)cc1Br.Cl. The first kappa shape index (κ1) is 17.8. The van der Waals surface area contributed by atoms with E-state index in [0.717, 1.165) is 16.8 Å². The van der Waals surface area contributed by atoms with Crippen molar-refractivity contribution in [1.82, 2.24) is 5.32 Å². The summed E-state index contributed by atoms with van der Waals surface area (Å²) in [4.78, 5) is 0. The quantitative estimate of drug-likeness (QED) is 0.737. The van der Waals surface area contributed by atoms with Crippen LogP contribution in [-0.4, -0.2) is 12.6 Å². The summed E-state index contributed by atoms with van der Waals surface area (Å²) in [5.74, 6) is 0.931. The lowest BCUT2D eigenvalue weighted by molar-refractivity contribution is 0.338. The van der Waals surface area contributed by atoms with Crippen molar-refractivity contribution in [2.24, 2.45) is 0 Å². The summed E-state index contributed by atoms with van der Waals surface area (Å²) in [5.41, 5.74) is 1.32. The molecule has 0 saturated heterocycles. The molecule has 20 heavy (non-hydrogen) atoms. The molecule has 1 aromatic rings. The average molecular weight is 363 g/mol. The van der Waals surface area contributed by atoms with Crippen LogP contribution in [0.4, 0.5) is 0 Å². The molecule has 0 atom stereocenters. The molecular weight excluding hydrogens is 338 g/mol. The van der Waals surface area contributed by atoms with E-state index in [1.54, 1.807) is 0 Å². The van der Waals surface area contributed by atoms with Crippen molar-refractivity contribution >= 4 is 28.3 Å². The van der Waals surface area contributed by atoms with Crippen LogP contribution in [0.25, 0.3) is 0 Å². The van der Waals surface area contributed by atoms with Gasteiger partial charge in [0, 0.05) is 12.6 Å². The van der Waals surface area contributed by atoms with E-state index in [-0.39, 0.29) is 12.4 Å². The Morgan fingerprint density at radius 1 is 1.20 bits per heavy atom. The molecule has 0 bridgehead atoms. The second-order valence-corrected chi connectivity index (χ2v) is 6.12. The molecule has 0 aromatic heterocycles. The van der Waals surface area contributed by atoms with Crippen molar-refractivity contribution in [3.05, 3.63) is 28.2 Å². The predicted octanol–water partition coefficient (Wildman–Crippen LogP) is 5.08. The number of halogens is 2. The minimum absolute atomic E-state index is 0. The van der Waals surface area contributed by atoms with Gasteiger partial charge in [0.25, 0.3) is 0 Å². The highest BCUT2D eigenvalue weighted by molar-refractivity contribution is 9.10. The fraction of sp³-hybridized carbons (Fsp3) is 0.625. The van der Waals surface area contributed by atoms with Crippen LogP contribution in [0, 0.1) is 0 Å². The van der Waals surface area contributed by atoms with Crippen molar-refractivity contribution in [2.75, 3.05) is 6.61 Å². The van der Waals surface area contributed by atoms with Crippen LogP contribution in [0.1, 0.15) is 51.0 Å². The van der Waals surface area contributed by atoms with Crippen LogP contribution >= 0.6 is 28.3 Å². The normalized spacial score (nSPS) is 16.3. The number of hydrogen-bond acceptors (Lipinski definition) is 2. The Labute approximate surface area is 137 Å². The lowest BCUT2D eigenvalue weighted by Crippen LogP contribution is -2.27. The van der Waals surface area contributed by atoms with Crippen molar-refractivity contribution < 1.29 is 4.74 Å². The molecule has 0 amide bonds. The van der Waals surface area contributed by atoms with Crippen LogP contribution in [0.3, 0.4) is 0 Å². The maximum absolute atomic E-state index is 5.54. The van der Waals surface area contributed by atoms with E-state index in [9.17, 15) is 0 Å². The van der Waals surface area contributed by atoms with Gasteiger partial charge in [0.15, 0.2) is 0 Å². The van der Waals surface area contributed by atoms with Crippen LogP contribution in [0.2, 0.25) is 0 Å². The monoisotopic (exact) mass is 361 g/mol. The van der Waals surface area contributed by atoms with Gasteiger partial charge in [-0.3, -0.25) is 0 Å². The van der Waals surface area contributed by atoms with E-state index in [1.807, 2.05) is 6.92 Å². The van der Waals surface area contributed by atoms with Crippen molar-refractivity contribution in [3.8, 4) is 5.75 Å². The number of benzene rings is 1. The highest BCUT2D eigenvalue weighted by Gasteiger charge is 2.11. The van der Waals surface area contributed by atoms with Gasteiger partial charge in [-0.05, 0) is 53.4 Å². The summed E-state index contributed by atoms with van der Waals surface area (Å²) in [6, 6.07) is 7.07. The maximum Gasteiger partial charge on any atom is 0.133 e. The molecule has 1 aromatic carbocycles. The van der Waals surface area contributed by atoms with Gasteiger partial charge in [-0.15, -0.1) is 12.4 Å².